The van der Waals surface area contributed by atoms with Crippen molar-refractivity contribution < 1.29 is 14.3 Å². The van der Waals surface area contributed by atoms with Crippen molar-refractivity contribution in [2.24, 2.45) is 10.2 Å². The Morgan fingerprint density at radius 3 is 2.70 bits per heavy atom. The first-order valence-corrected chi connectivity index (χ1v) is 7.19. The lowest BCUT2D eigenvalue weighted by molar-refractivity contribution is -0.139. The van der Waals surface area contributed by atoms with Gasteiger partial charge in [0.2, 0.25) is 0 Å². The van der Waals surface area contributed by atoms with E-state index in [1.54, 1.807) is 55.5 Å². The molecule has 0 amide bonds. The minimum Gasteiger partial charge on any atom is -0.457 e. The number of esters is 1. The Bertz CT molecular complexity index is 798. The van der Waals surface area contributed by atoms with Crippen molar-refractivity contribution in [3.63, 3.8) is 0 Å². The zero-order valence-electron chi connectivity index (χ0n) is 12.3. The van der Waals surface area contributed by atoms with Crippen molar-refractivity contribution in [1.29, 1.82) is 0 Å². The molecule has 0 aromatic heterocycles. The molecular formula is C16H13ClN4O2. The van der Waals surface area contributed by atoms with Crippen LogP contribution in [0.25, 0.3) is 5.53 Å². The van der Waals surface area contributed by atoms with Crippen LogP contribution in [0.5, 0.6) is 0 Å². The summed E-state index contributed by atoms with van der Waals surface area (Å²) in [6.07, 6.45) is 0. The lowest BCUT2D eigenvalue weighted by Gasteiger charge is -2.01. The van der Waals surface area contributed by atoms with Crippen molar-refractivity contribution in [2.45, 2.75) is 6.92 Å². The largest absolute Gasteiger partial charge is 0.457 e. The third-order valence-electron chi connectivity index (χ3n) is 2.81. The standard InChI is InChI=1S/C16H13ClN4O2/c1-2-23-16(22)15(19-18)13-8-3-4-9-14(13)21-20-12-7-5-6-11(17)10-12/h3-10H,2H2,1H3. The van der Waals surface area contributed by atoms with Gasteiger partial charge in [-0.05, 0) is 37.3 Å². The lowest BCUT2D eigenvalue weighted by Crippen LogP contribution is -2.19. The molecule has 0 bridgehead atoms. The number of carbonyl (C=O) groups is 1. The highest BCUT2D eigenvalue weighted by molar-refractivity contribution is 6.41. The molecule has 2 aromatic carbocycles. The second-order valence-electron chi connectivity index (χ2n) is 4.37. The molecule has 7 heteroatoms. The van der Waals surface area contributed by atoms with Crippen molar-refractivity contribution in [3.8, 4) is 0 Å². The topological polar surface area (TPSA) is 87.4 Å². The van der Waals surface area contributed by atoms with E-state index in [0.717, 1.165) is 0 Å². The monoisotopic (exact) mass is 328 g/mol. The minimum atomic E-state index is -0.736. The van der Waals surface area contributed by atoms with E-state index in [0.29, 0.717) is 22.0 Å². The van der Waals surface area contributed by atoms with Crippen LogP contribution in [0.4, 0.5) is 11.4 Å². The third-order valence-corrected chi connectivity index (χ3v) is 3.04. The van der Waals surface area contributed by atoms with Crippen molar-refractivity contribution in [2.75, 3.05) is 6.61 Å². The molecule has 2 rings (SSSR count). The molecule has 0 saturated heterocycles. The van der Waals surface area contributed by atoms with Gasteiger partial charge in [0, 0.05) is 5.02 Å². The molecule has 0 unspecified atom stereocenters. The summed E-state index contributed by atoms with van der Waals surface area (Å²) in [6, 6.07) is 13.5. The Kier molecular flexibility index (Phi) is 5.74. The van der Waals surface area contributed by atoms with Crippen LogP contribution < -0.4 is 0 Å². The second-order valence-corrected chi connectivity index (χ2v) is 4.80. The van der Waals surface area contributed by atoms with Gasteiger partial charge in [0.25, 0.3) is 0 Å². The van der Waals surface area contributed by atoms with Gasteiger partial charge < -0.3 is 10.3 Å². The summed E-state index contributed by atoms with van der Waals surface area (Å²) in [6.45, 7) is 1.84. The number of hydrogen-bond acceptors (Lipinski definition) is 4. The summed E-state index contributed by atoms with van der Waals surface area (Å²) in [5.74, 6) is -0.736. The normalized spacial score (nSPS) is 10.3. The zero-order chi connectivity index (χ0) is 16.7. The number of nitrogens with zero attached hydrogens (tertiary/aromatic N) is 4. The average molecular weight is 329 g/mol. The molecule has 0 saturated carbocycles. The smallest absolute Gasteiger partial charge is 0.422 e. The number of halogens is 1. The summed E-state index contributed by atoms with van der Waals surface area (Å²) >= 11 is 5.89. The maximum Gasteiger partial charge on any atom is 0.422 e. The summed E-state index contributed by atoms with van der Waals surface area (Å²) in [5, 5.41) is 8.71. The number of rotatable bonds is 5. The highest BCUT2D eigenvalue weighted by Crippen LogP contribution is 2.24. The molecule has 0 heterocycles. The van der Waals surface area contributed by atoms with Crippen molar-refractivity contribution >= 4 is 34.7 Å². The Hall–Kier alpha value is -2.82. The summed E-state index contributed by atoms with van der Waals surface area (Å²) in [4.78, 5) is 14.9. The highest BCUT2D eigenvalue weighted by atomic mass is 35.5. The molecule has 2 aromatic rings. The van der Waals surface area contributed by atoms with E-state index in [2.05, 4.69) is 15.0 Å². The molecule has 0 spiro atoms. The van der Waals surface area contributed by atoms with Gasteiger partial charge in [-0.15, -0.1) is 5.11 Å². The predicted molar refractivity (Wildman–Crippen MR) is 86.4 cm³/mol. The van der Waals surface area contributed by atoms with Crippen LogP contribution >= 0.6 is 11.6 Å². The fourth-order valence-electron chi connectivity index (χ4n) is 1.82. The molecule has 6 nitrogen and oxygen atoms in total. The molecule has 0 aliphatic rings. The van der Waals surface area contributed by atoms with Gasteiger partial charge >= 0.3 is 11.7 Å². The number of hydrogen-bond donors (Lipinski definition) is 0. The van der Waals surface area contributed by atoms with Gasteiger partial charge in [-0.2, -0.15) is 9.90 Å². The van der Waals surface area contributed by atoms with Gasteiger partial charge in [-0.3, -0.25) is 0 Å². The van der Waals surface area contributed by atoms with Crippen LogP contribution in [0.1, 0.15) is 12.5 Å². The summed E-state index contributed by atoms with van der Waals surface area (Å²) < 4.78 is 4.86. The van der Waals surface area contributed by atoms with Crippen LogP contribution in [0.3, 0.4) is 0 Å². The van der Waals surface area contributed by atoms with E-state index in [1.807, 2.05) is 0 Å². The van der Waals surface area contributed by atoms with Gasteiger partial charge in [-0.1, -0.05) is 29.8 Å². The molecule has 116 valence electrons. The van der Waals surface area contributed by atoms with E-state index in [9.17, 15) is 4.79 Å². The van der Waals surface area contributed by atoms with Crippen molar-refractivity contribution in [1.82, 2.24) is 0 Å². The van der Waals surface area contributed by atoms with Crippen LogP contribution in [-0.2, 0) is 9.53 Å². The Morgan fingerprint density at radius 2 is 2.00 bits per heavy atom. The molecule has 0 N–H and O–H groups in total. The molecule has 0 fully saturated rings. The predicted octanol–water partition coefficient (Wildman–Crippen LogP) is 4.34. The SMILES string of the molecule is CCOC(=O)C(=[N+]=[N-])c1ccccc1N=Nc1cccc(Cl)c1. The number of ether oxygens (including phenoxy) is 1. The van der Waals surface area contributed by atoms with Crippen LogP contribution in [0.2, 0.25) is 5.02 Å². The summed E-state index contributed by atoms with van der Waals surface area (Å²) in [5.41, 5.74) is 10.1. The lowest BCUT2D eigenvalue weighted by atomic mass is 10.1. The first kappa shape index (κ1) is 16.5. The van der Waals surface area contributed by atoms with Gasteiger partial charge in [0.05, 0.1) is 17.9 Å². The minimum absolute atomic E-state index is 0.171. The quantitative estimate of drug-likeness (QED) is 0.354. The van der Waals surface area contributed by atoms with Crippen LogP contribution in [-0.4, -0.2) is 23.1 Å². The Morgan fingerprint density at radius 1 is 1.22 bits per heavy atom. The van der Waals surface area contributed by atoms with Gasteiger partial charge in [-0.25, -0.2) is 4.79 Å². The van der Waals surface area contributed by atoms with E-state index in [-0.39, 0.29) is 12.3 Å². The second kappa shape index (κ2) is 7.98. The maximum absolute atomic E-state index is 11.8. The highest BCUT2D eigenvalue weighted by Gasteiger charge is 2.27. The molecule has 0 atom stereocenters. The van der Waals surface area contributed by atoms with Crippen LogP contribution in [0.15, 0.2) is 58.8 Å². The number of benzene rings is 2. The summed E-state index contributed by atoms with van der Waals surface area (Å²) in [7, 11) is 0. The van der Waals surface area contributed by atoms with E-state index >= 15 is 0 Å². The van der Waals surface area contributed by atoms with E-state index in [1.165, 1.54) is 0 Å². The molecule has 0 aliphatic carbocycles. The Labute approximate surface area is 138 Å². The average Bonchev–Trinajstić information content (AvgIpc) is 2.55. The van der Waals surface area contributed by atoms with E-state index in [4.69, 9.17) is 21.9 Å². The van der Waals surface area contributed by atoms with Gasteiger partial charge in [0.15, 0.2) is 0 Å². The number of carbonyl (C=O) groups excluding carboxylic acids is 1. The zero-order valence-corrected chi connectivity index (χ0v) is 13.1. The molecule has 23 heavy (non-hydrogen) atoms. The van der Waals surface area contributed by atoms with Gasteiger partial charge in [0.1, 0.15) is 5.69 Å². The third kappa shape index (κ3) is 4.32. The van der Waals surface area contributed by atoms with Crippen LogP contribution in [0, 0.1) is 0 Å². The molecule has 0 radical (unpaired) electrons. The van der Waals surface area contributed by atoms with Crippen molar-refractivity contribution in [3.05, 3.63) is 64.6 Å². The first-order chi connectivity index (χ1) is 11.2. The number of azo groups is 1. The maximum atomic E-state index is 11.8. The molecular weight excluding hydrogens is 316 g/mol. The molecule has 0 aliphatic heterocycles. The fraction of sp³-hybridized carbons (Fsp3) is 0.125. The Balaban J connectivity index is 2.37. The fourth-order valence-corrected chi connectivity index (χ4v) is 2.00. The van der Waals surface area contributed by atoms with E-state index < -0.39 is 5.97 Å². The first-order valence-electron chi connectivity index (χ1n) is 6.81.